The van der Waals surface area contributed by atoms with Crippen molar-refractivity contribution in [1.82, 2.24) is 21.3 Å². The van der Waals surface area contributed by atoms with Gasteiger partial charge in [-0.2, -0.15) is 0 Å². The van der Waals surface area contributed by atoms with E-state index in [1.807, 2.05) is 47.0 Å². The van der Waals surface area contributed by atoms with Crippen LogP contribution in [-0.4, -0.2) is 58.4 Å². The molecular weight excluding hydrogens is 524 g/mol. The minimum absolute atomic E-state index is 0.464. The van der Waals surface area contributed by atoms with Gasteiger partial charge in [-0.3, -0.25) is 25.5 Å². The van der Waals surface area contributed by atoms with Gasteiger partial charge in [0, 0.05) is 5.54 Å². The molecule has 0 fully saturated rings. The van der Waals surface area contributed by atoms with Crippen molar-refractivity contribution in [3.63, 3.8) is 0 Å². The molecule has 224 valence electrons. The standard InChI is InChI=1S/C31H44N4O6/c1-23(27(36)33-29(38)39)32-20-14-6-4-3-5-13-19-31(21-25-15-9-7-10-16-25,22-26-17-11-8-12-18-26)35-24(2)28(37)34-30(40)41/h7-12,15-18,23-24,32,35H,3-6,13-14,19-22H2,1-2H3,(H,33,36)(H,34,37)(H,38,39)(H,40,41)/t23-,24-/m0/s1. The van der Waals surface area contributed by atoms with Crippen molar-refractivity contribution in [2.45, 2.75) is 89.3 Å². The van der Waals surface area contributed by atoms with Crippen LogP contribution in [0.15, 0.2) is 60.7 Å². The second-order valence-corrected chi connectivity index (χ2v) is 10.6. The van der Waals surface area contributed by atoms with Gasteiger partial charge in [0.1, 0.15) is 0 Å². The first-order valence-electron chi connectivity index (χ1n) is 14.3. The molecule has 6 N–H and O–H groups in total. The molecule has 41 heavy (non-hydrogen) atoms. The summed E-state index contributed by atoms with van der Waals surface area (Å²) in [7, 11) is 0. The molecule has 0 aliphatic carbocycles. The molecule has 0 aromatic heterocycles. The van der Waals surface area contributed by atoms with E-state index in [2.05, 4.69) is 34.9 Å². The molecule has 2 atom stereocenters. The van der Waals surface area contributed by atoms with Gasteiger partial charge >= 0.3 is 12.2 Å². The summed E-state index contributed by atoms with van der Waals surface area (Å²) in [5, 5.41) is 28.1. The quantitative estimate of drug-likeness (QED) is 0.144. The number of benzene rings is 2. The summed E-state index contributed by atoms with van der Waals surface area (Å²) < 4.78 is 0. The molecule has 0 aliphatic heterocycles. The first-order chi connectivity index (χ1) is 19.6. The number of unbranched alkanes of at least 4 members (excludes halogenated alkanes) is 5. The Bertz CT molecular complexity index is 1050. The van der Waals surface area contributed by atoms with Crippen molar-refractivity contribution in [2.24, 2.45) is 0 Å². The molecule has 0 unspecified atom stereocenters. The molecule has 0 bridgehead atoms. The number of imide groups is 2. The molecule has 2 aromatic rings. The van der Waals surface area contributed by atoms with Crippen LogP contribution in [0.25, 0.3) is 0 Å². The third kappa shape index (κ3) is 13.4. The maximum Gasteiger partial charge on any atom is 0.411 e. The zero-order valence-corrected chi connectivity index (χ0v) is 24.0. The molecule has 0 heterocycles. The Kier molecular flexibility index (Phi) is 14.5. The summed E-state index contributed by atoms with van der Waals surface area (Å²) in [5.41, 5.74) is 1.82. The van der Waals surface area contributed by atoms with Gasteiger partial charge in [0.15, 0.2) is 0 Å². The van der Waals surface area contributed by atoms with Gasteiger partial charge in [-0.25, -0.2) is 9.59 Å². The summed E-state index contributed by atoms with van der Waals surface area (Å²) in [6.45, 7) is 3.96. The van der Waals surface area contributed by atoms with Crippen molar-refractivity contribution < 1.29 is 29.4 Å². The molecule has 10 nitrogen and oxygen atoms in total. The number of rotatable bonds is 18. The SMILES string of the molecule is C[C@H](NCCCCCCCCC(Cc1ccccc1)(Cc1ccccc1)N[C@@H](C)C(=O)NC(=O)O)C(=O)NC(=O)O. The van der Waals surface area contributed by atoms with Gasteiger partial charge in [0.05, 0.1) is 12.1 Å². The molecule has 0 saturated heterocycles. The highest BCUT2D eigenvalue weighted by Crippen LogP contribution is 2.27. The van der Waals surface area contributed by atoms with Crippen molar-refractivity contribution in [1.29, 1.82) is 0 Å². The van der Waals surface area contributed by atoms with Crippen LogP contribution in [0.5, 0.6) is 0 Å². The first-order valence-corrected chi connectivity index (χ1v) is 14.3. The molecule has 0 aliphatic rings. The Morgan fingerprint density at radius 1 is 0.659 bits per heavy atom. The van der Waals surface area contributed by atoms with Gasteiger partial charge in [-0.1, -0.05) is 92.8 Å². The maximum atomic E-state index is 12.6. The zero-order chi connectivity index (χ0) is 30.1. The highest BCUT2D eigenvalue weighted by atomic mass is 16.4. The van der Waals surface area contributed by atoms with Crippen LogP contribution < -0.4 is 21.3 Å². The van der Waals surface area contributed by atoms with Crippen LogP contribution in [0.2, 0.25) is 0 Å². The molecule has 0 spiro atoms. The van der Waals surface area contributed by atoms with Gasteiger partial charge in [0.25, 0.3) is 0 Å². The second-order valence-electron chi connectivity index (χ2n) is 10.6. The van der Waals surface area contributed by atoms with E-state index < -0.39 is 41.6 Å². The van der Waals surface area contributed by atoms with Gasteiger partial charge in [-0.15, -0.1) is 0 Å². The largest absolute Gasteiger partial charge is 0.465 e. The third-order valence-corrected chi connectivity index (χ3v) is 7.07. The second kappa shape index (κ2) is 17.8. The molecule has 4 amide bonds. The molecule has 2 aromatic carbocycles. The van der Waals surface area contributed by atoms with Crippen LogP contribution in [0, 0.1) is 0 Å². The number of carboxylic acid groups (broad SMARTS) is 2. The number of hydrogen-bond donors (Lipinski definition) is 6. The van der Waals surface area contributed by atoms with Crippen LogP contribution in [0.1, 0.15) is 69.9 Å². The Balaban J connectivity index is 1.97. The monoisotopic (exact) mass is 568 g/mol. The van der Waals surface area contributed by atoms with Crippen LogP contribution in [-0.2, 0) is 22.4 Å². The normalized spacial score (nSPS) is 12.7. The van der Waals surface area contributed by atoms with Crippen LogP contribution in [0.4, 0.5) is 9.59 Å². The molecule has 0 radical (unpaired) electrons. The third-order valence-electron chi connectivity index (χ3n) is 7.07. The highest BCUT2D eigenvalue weighted by molar-refractivity contribution is 5.94. The van der Waals surface area contributed by atoms with E-state index >= 15 is 0 Å². The number of hydrogen-bond acceptors (Lipinski definition) is 6. The molecule has 0 saturated carbocycles. The van der Waals surface area contributed by atoms with E-state index in [0.717, 1.165) is 56.1 Å². The minimum atomic E-state index is -1.37. The lowest BCUT2D eigenvalue weighted by atomic mass is 9.79. The van der Waals surface area contributed by atoms with E-state index in [-0.39, 0.29) is 0 Å². The summed E-state index contributed by atoms with van der Waals surface area (Å²) in [4.78, 5) is 45.9. The van der Waals surface area contributed by atoms with E-state index in [0.29, 0.717) is 19.4 Å². The Labute approximate surface area is 242 Å². The topological polar surface area (TPSA) is 157 Å². The fourth-order valence-corrected chi connectivity index (χ4v) is 5.05. The predicted octanol–water partition coefficient (Wildman–Crippen LogP) is 4.49. The van der Waals surface area contributed by atoms with E-state index in [1.165, 1.54) is 0 Å². The average Bonchev–Trinajstić information content (AvgIpc) is 2.92. The lowest BCUT2D eigenvalue weighted by Gasteiger charge is -2.38. The number of carbonyl (C=O) groups is 4. The van der Waals surface area contributed by atoms with Crippen molar-refractivity contribution in [2.75, 3.05) is 6.54 Å². The Morgan fingerprint density at radius 2 is 1.10 bits per heavy atom. The smallest absolute Gasteiger partial charge is 0.411 e. The summed E-state index contributed by atoms with van der Waals surface area (Å²) in [6, 6.07) is 19.0. The van der Waals surface area contributed by atoms with Gasteiger partial charge in [-0.05, 0) is 57.2 Å². The average molecular weight is 569 g/mol. The van der Waals surface area contributed by atoms with Gasteiger partial charge in [0.2, 0.25) is 11.8 Å². The summed E-state index contributed by atoms with van der Waals surface area (Å²) >= 11 is 0. The number of carbonyl (C=O) groups excluding carboxylic acids is 2. The van der Waals surface area contributed by atoms with Gasteiger partial charge < -0.3 is 15.5 Å². The Hall–Kier alpha value is -3.76. The molecule has 2 rings (SSSR count). The fraction of sp³-hybridized carbons (Fsp3) is 0.484. The zero-order valence-electron chi connectivity index (χ0n) is 24.0. The fourth-order valence-electron chi connectivity index (χ4n) is 5.05. The lowest BCUT2D eigenvalue weighted by molar-refractivity contribution is -0.123. The van der Waals surface area contributed by atoms with Crippen LogP contribution >= 0.6 is 0 Å². The van der Waals surface area contributed by atoms with Crippen molar-refractivity contribution in [3.8, 4) is 0 Å². The Morgan fingerprint density at radius 3 is 1.59 bits per heavy atom. The summed E-state index contributed by atoms with van der Waals surface area (Å²) in [6.07, 6.45) is 5.35. The van der Waals surface area contributed by atoms with E-state index in [1.54, 1.807) is 13.8 Å². The number of nitrogens with one attached hydrogen (secondary N) is 4. The van der Waals surface area contributed by atoms with E-state index in [4.69, 9.17) is 10.2 Å². The first kappa shape index (κ1) is 33.4. The highest BCUT2D eigenvalue weighted by Gasteiger charge is 2.33. The number of amides is 4. The minimum Gasteiger partial charge on any atom is -0.465 e. The molecular formula is C31H44N4O6. The summed E-state index contributed by atoms with van der Waals surface area (Å²) in [5.74, 6) is -1.14. The molecule has 10 heteroatoms. The predicted molar refractivity (Wildman–Crippen MR) is 158 cm³/mol. The van der Waals surface area contributed by atoms with Crippen LogP contribution in [0.3, 0.4) is 0 Å². The van der Waals surface area contributed by atoms with E-state index in [9.17, 15) is 19.2 Å². The maximum absolute atomic E-state index is 12.6. The van der Waals surface area contributed by atoms with Crippen molar-refractivity contribution in [3.05, 3.63) is 71.8 Å². The lowest BCUT2D eigenvalue weighted by Crippen LogP contribution is -2.57. The van der Waals surface area contributed by atoms with Crippen molar-refractivity contribution >= 4 is 24.0 Å².